The van der Waals surface area contributed by atoms with Crippen molar-refractivity contribution in [1.82, 2.24) is 21.1 Å². The van der Waals surface area contributed by atoms with Gasteiger partial charge in [0, 0.05) is 31.1 Å². The number of benzene rings is 1. The lowest BCUT2D eigenvalue weighted by molar-refractivity contribution is -0.139. The molecule has 0 aromatic heterocycles. The summed E-state index contributed by atoms with van der Waals surface area (Å²) in [6.45, 7) is 5.97. The third kappa shape index (κ3) is 4.25. The Labute approximate surface area is 165 Å². The van der Waals surface area contributed by atoms with Crippen molar-refractivity contribution < 1.29 is 19.4 Å². The van der Waals surface area contributed by atoms with Gasteiger partial charge in [-0.25, -0.2) is 5.43 Å². The fourth-order valence-electron chi connectivity index (χ4n) is 4.38. The number of nitrogens with one attached hydrogen (secondary N) is 3. The Kier molecular flexibility index (Phi) is 6.01. The fraction of sp³-hybridized carbons (Fsp3) is 0.650. The van der Waals surface area contributed by atoms with E-state index in [1.165, 1.54) is 5.56 Å². The molecular formula is C20H30N4O4. The first-order valence-corrected chi connectivity index (χ1v) is 10.2. The average Bonchev–Trinajstić information content (AvgIpc) is 3.13. The first-order chi connectivity index (χ1) is 13.6. The van der Waals surface area contributed by atoms with Crippen LogP contribution in [0.2, 0.25) is 0 Å². The third-order valence-electron chi connectivity index (χ3n) is 6.06. The lowest BCUT2D eigenvalue weighted by atomic mass is 9.84. The first kappa shape index (κ1) is 19.4. The molecule has 0 amide bonds. The number of aliphatic carboxylic acids is 1. The summed E-state index contributed by atoms with van der Waals surface area (Å²) in [5.74, 6) is 1.33. The van der Waals surface area contributed by atoms with E-state index in [9.17, 15) is 4.79 Å². The molecule has 4 N–H and O–H groups in total. The van der Waals surface area contributed by atoms with Gasteiger partial charge in [-0.2, -0.15) is 0 Å². The topological polar surface area (TPSA) is 95.1 Å². The van der Waals surface area contributed by atoms with Crippen LogP contribution < -0.4 is 25.6 Å². The average molecular weight is 390 g/mol. The zero-order valence-electron chi connectivity index (χ0n) is 16.3. The molecule has 4 rings (SSSR count). The van der Waals surface area contributed by atoms with Crippen LogP contribution in [0.4, 0.5) is 0 Å². The lowest BCUT2D eigenvalue weighted by Gasteiger charge is -2.43. The third-order valence-corrected chi connectivity index (χ3v) is 6.06. The number of carbonyl (C=O) groups is 1. The Hall–Kier alpha value is -1.87. The van der Waals surface area contributed by atoms with E-state index in [0.717, 1.165) is 44.0 Å². The smallest absolute Gasteiger partial charge is 0.317 e. The van der Waals surface area contributed by atoms with E-state index < -0.39 is 5.97 Å². The predicted molar refractivity (Wildman–Crippen MR) is 104 cm³/mol. The van der Waals surface area contributed by atoms with E-state index in [4.69, 9.17) is 14.6 Å². The summed E-state index contributed by atoms with van der Waals surface area (Å²) >= 11 is 0. The zero-order valence-corrected chi connectivity index (χ0v) is 16.3. The van der Waals surface area contributed by atoms with Crippen LogP contribution in [0.25, 0.3) is 0 Å². The maximum absolute atomic E-state index is 11.0. The van der Waals surface area contributed by atoms with Crippen molar-refractivity contribution in [2.75, 3.05) is 39.4 Å². The van der Waals surface area contributed by atoms with Crippen LogP contribution in [0.5, 0.6) is 11.5 Å². The number of ether oxygens (including phenoxy) is 2. The van der Waals surface area contributed by atoms with Crippen molar-refractivity contribution in [1.29, 1.82) is 0 Å². The van der Waals surface area contributed by atoms with Gasteiger partial charge in [-0.15, -0.1) is 0 Å². The van der Waals surface area contributed by atoms with Gasteiger partial charge in [0.2, 0.25) is 0 Å². The maximum Gasteiger partial charge on any atom is 0.317 e. The molecule has 0 bridgehead atoms. The Morgan fingerprint density at radius 3 is 2.82 bits per heavy atom. The van der Waals surface area contributed by atoms with Crippen molar-refractivity contribution in [2.45, 2.75) is 37.9 Å². The number of carboxylic acids is 1. The quantitative estimate of drug-likeness (QED) is 0.517. The van der Waals surface area contributed by atoms with E-state index in [1.54, 1.807) is 0 Å². The van der Waals surface area contributed by atoms with E-state index in [-0.39, 0.29) is 12.6 Å². The molecule has 2 heterocycles. The highest BCUT2D eigenvalue weighted by Crippen LogP contribution is 2.35. The minimum Gasteiger partial charge on any atom is -0.486 e. The van der Waals surface area contributed by atoms with Gasteiger partial charge in [0.1, 0.15) is 13.2 Å². The molecule has 2 atom stereocenters. The molecule has 28 heavy (non-hydrogen) atoms. The van der Waals surface area contributed by atoms with Crippen molar-refractivity contribution in [3.63, 3.8) is 0 Å². The highest BCUT2D eigenvalue weighted by atomic mass is 16.6. The van der Waals surface area contributed by atoms with Crippen LogP contribution in [-0.4, -0.2) is 67.5 Å². The SMILES string of the molecule is CCN(CC(=O)O)C1CC(NCC2CNNC2c2ccc3c(c2)OCCO3)C1. The minimum absolute atomic E-state index is 0.135. The number of likely N-dealkylation sites (N-methyl/N-ethyl adjacent to an activating group) is 1. The van der Waals surface area contributed by atoms with Gasteiger partial charge in [-0.1, -0.05) is 13.0 Å². The number of hydrogen-bond acceptors (Lipinski definition) is 7. The highest BCUT2D eigenvalue weighted by Gasteiger charge is 2.35. The van der Waals surface area contributed by atoms with Gasteiger partial charge >= 0.3 is 5.97 Å². The molecule has 1 aliphatic carbocycles. The molecule has 0 radical (unpaired) electrons. The monoisotopic (exact) mass is 390 g/mol. The number of fused-ring (bicyclic) bond motifs is 1. The van der Waals surface area contributed by atoms with Gasteiger partial charge in [-0.3, -0.25) is 15.1 Å². The number of hydrazine groups is 1. The van der Waals surface area contributed by atoms with Gasteiger partial charge in [0.05, 0.1) is 12.6 Å². The number of rotatable bonds is 8. The molecule has 2 unspecified atom stereocenters. The molecule has 2 aliphatic heterocycles. The van der Waals surface area contributed by atoms with Crippen LogP contribution in [0, 0.1) is 5.92 Å². The fourth-order valence-corrected chi connectivity index (χ4v) is 4.38. The van der Waals surface area contributed by atoms with Gasteiger partial charge in [0.15, 0.2) is 11.5 Å². The molecule has 8 nitrogen and oxygen atoms in total. The van der Waals surface area contributed by atoms with Crippen LogP contribution in [-0.2, 0) is 4.79 Å². The van der Waals surface area contributed by atoms with Crippen molar-refractivity contribution >= 4 is 5.97 Å². The van der Waals surface area contributed by atoms with Crippen LogP contribution in [0.3, 0.4) is 0 Å². The summed E-state index contributed by atoms with van der Waals surface area (Å²) in [7, 11) is 0. The van der Waals surface area contributed by atoms with Crippen LogP contribution in [0.15, 0.2) is 18.2 Å². The summed E-state index contributed by atoms with van der Waals surface area (Å²) < 4.78 is 11.3. The second kappa shape index (κ2) is 8.65. The summed E-state index contributed by atoms with van der Waals surface area (Å²) in [6.07, 6.45) is 2.03. The molecule has 0 spiro atoms. The summed E-state index contributed by atoms with van der Waals surface area (Å²) in [5.41, 5.74) is 7.87. The molecule has 154 valence electrons. The van der Waals surface area contributed by atoms with Crippen molar-refractivity contribution in [3.8, 4) is 11.5 Å². The molecule has 1 saturated carbocycles. The second-order valence-corrected chi connectivity index (χ2v) is 7.85. The maximum atomic E-state index is 11.0. The van der Waals surface area contributed by atoms with Crippen LogP contribution >= 0.6 is 0 Å². The van der Waals surface area contributed by atoms with E-state index in [2.05, 4.69) is 33.2 Å². The van der Waals surface area contributed by atoms with Gasteiger partial charge in [0.25, 0.3) is 0 Å². The largest absolute Gasteiger partial charge is 0.486 e. The molecular weight excluding hydrogens is 360 g/mol. The Bertz CT molecular complexity index is 695. The number of carboxylic acid groups (broad SMARTS) is 1. The molecule has 2 fully saturated rings. The molecule has 8 heteroatoms. The Morgan fingerprint density at radius 1 is 1.29 bits per heavy atom. The summed E-state index contributed by atoms with van der Waals surface area (Å²) in [4.78, 5) is 13.0. The van der Waals surface area contributed by atoms with Gasteiger partial charge < -0.3 is 19.9 Å². The highest BCUT2D eigenvalue weighted by molar-refractivity contribution is 5.69. The second-order valence-electron chi connectivity index (χ2n) is 7.85. The Balaban J connectivity index is 1.28. The standard InChI is InChI=1S/C20H30N4O4/c1-2-24(12-19(25)26)16-8-15(9-16)21-10-14-11-22-23-20(14)13-3-4-17-18(7-13)28-6-5-27-17/h3-4,7,14-16,20-23H,2,5-6,8-12H2,1H3,(H,25,26). The van der Waals surface area contributed by atoms with E-state index in [0.29, 0.717) is 31.2 Å². The minimum atomic E-state index is -0.747. The number of hydrogen-bond donors (Lipinski definition) is 4. The van der Waals surface area contributed by atoms with Crippen molar-refractivity contribution in [2.24, 2.45) is 5.92 Å². The zero-order chi connectivity index (χ0) is 19.5. The normalized spacial score (nSPS) is 28.9. The lowest BCUT2D eigenvalue weighted by Crippen LogP contribution is -2.54. The Morgan fingerprint density at radius 2 is 2.07 bits per heavy atom. The van der Waals surface area contributed by atoms with E-state index >= 15 is 0 Å². The van der Waals surface area contributed by atoms with Crippen molar-refractivity contribution in [3.05, 3.63) is 23.8 Å². The van der Waals surface area contributed by atoms with Gasteiger partial charge in [-0.05, 0) is 37.1 Å². The number of nitrogens with zero attached hydrogens (tertiary/aromatic N) is 1. The summed E-state index contributed by atoms with van der Waals surface area (Å²) in [5, 5.41) is 12.7. The van der Waals surface area contributed by atoms with E-state index in [1.807, 2.05) is 13.0 Å². The summed E-state index contributed by atoms with van der Waals surface area (Å²) in [6, 6.07) is 7.25. The first-order valence-electron chi connectivity index (χ1n) is 10.2. The molecule has 1 aromatic carbocycles. The van der Waals surface area contributed by atoms with Crippen LogP contribution in [0.1, 0.15) is 31.4 Å². The molecule has 1 saturated heterocycles. The predicted octanol–water partition coefficient (Wildman–Crippen LogP) is 0.750. The molecule has 3 aliphatic rings. The molecule has 1 aromatic rings.